The molecule has 0 aliphatic carbocycles. The smallest absolute Gasteiger partial charge is 0.253 e. The van der Waals surface area contributed by atoms with Gasteiger partial charge >= 0.3 is 0 Å². The summed E-state index contributed by atoms with van der Waals surface area (Å²) in [5.74, 6) is 6.84. The summed E-state index contributed by atoms with van der Waals surface area (Å²) in [6, 6.07) is 19.3. The van der Waals surface area contributed by atoms with Gasteiger partial charge in [0.15, 0.2) is 0 Å². The van der Waals surface area contributed by atoms with E-state index in [9.17, 15) is 9.59 Å². The SMILES string of the molecule is CC(=O)CC(C)Cc1ccc(C#Cc2cccc(C(=O)N(C)Cc3ccncc3)c2)cc1. The summed E-state index contributed by atoms with van der Waals surface area (Å²) in [4.78, 5) is 29.8. The first kappa shape index (κ1) is 23.0. The van der Waals surface area contributed by atoms with Gasteiger partial charge in [-0.1, -0.05) is 37.0 Å². The summed E-state index contributed by atoms with van der Waals surface area (Å²) < 4.78 is 0. The largest absolute Gasteiger partial charge is 0.337 e. The predicted octanol–water partition coefficient (Wildman–Crippen LogP) is 4.91. The second-order valence-corrected chi connectivity index (χ2v) is 8.26. The molecule has 0 saturated heterocycles. The minimum atomic E-state index is -0.0468. The van der Waals surface area contributed by atoms with Crippen LogP contribution in [0.4, 0.5) is 0 Å². The van der Waals surface area contributed by atoms with Gasteiger partial charge in [-0.2, -0.15) is 0 Å². The molecule has 0 N–H and O–H groups in total. The summed E-state index contributed by atoms with van der Waals surface area (Å²) in [6.07, 6.45) is 4.94. The number of hydrogen-bond donors (Lipinski definition) is 0. The number of benzene rings is 2. The van der Waals surface area contributed by atoms with Crippen molar-refractivity contribution in [2.75, 3.05) is 7.05 Å². The maximum absolute atomic E-state index is 12.8. The Bertz CT molecular complexity index is 1130. The van der Waals surface area contributed by atoms with Crippen molar-refractivity contribution in [1.82, 2.24) is 9.88 Å². The van der Waals surface area contributed by atoms with E-state index in [1.54, 1.807) is 31.3 Å². The monoisotopic (exact) mass is 424 g/mol. The molecule has 3 aromatic rings. The topological polar surface area (TPSA) is 50.3 Å². The highest BCUT2D eigenvalue weighted by Crippen LogP contribution is 2.14. The lowest BCUT2D eigenvalue weighted by Crippen LogP contribution is -2.26. The minimum Gasteiger partial charge on any atom is -0.337 e. The lowest BCUT2D eigenvalue weighted by molar-refractivity contribution is -0.117. The summed E-state index contributed by atoms with van der Waals surface area (Å²) in [7, 11) is 1.79. The van der Waals surface area contributed by atoms with Crippen molar-refractivity contribution >= 4 is 11.7 Å². The third kappa shape index (κ3) is 6.92. The van der Waals surface area contributed by atoms with Crippen molar-refractivity contribution in [3.8, 4) is 11.8 Å². The molecule has 0 radical (unpaired) electrons. The molecule has 1 amide bonds. The molecule has 0 bridgehead atoms. The van der Waals surface area contributed by atoms with E-state index in [1.165, 1.54) is 5.56 Å². The second-order valence-electron chi connectivity index (χ2n) is 8.26. The zero-order valence-corrected chi connectivity index (χ0v) is 18.8. The van der Waals surface area contributed by atoms with Crippen LogP contribution >= 0.6 is 0 Å². The third-order valence-electron chi connectivity index (χ3n) is 5.15. The molecule has 32 heavy (non-hydrogen) atoms. The van der Waals surface area contributed by atoms with Gasteiger partial charge in [-0.3, -0.25) is 9.78 Å². The third-order valence-corrected chi connectivity index (χ3v) is 5.15. The van der Waals surface area contributed by atoms with E-state index in [2.05, 4.69) is 35.9 Å². The highest BCUT2D eigenvalue weighted by Gasteiger charge is 2.12. The van der Waals surface area contributed by atoms with Gasteiger partial charge in [0.05, 0.1) is 0 Å². The zero-order chi connectivity index (χ0) is 22.9. The molecule has 0 aliphatic heterocycles. The van der Waals surface area contributed by atoms with Crippen molar-refractivity contribution in [1.29, 1.82) is 0 Å². The summed E-state index contributed by atoms with van der Waals surface area (Å²) in [6.45, 7) is 4.25. The molecule has 0 saturated carbocycles. The van der Waals surface area contributed by atoms with E-state index in [-0.39, 0.29) is 11.7 Å². The fourth-order valence-electron chi connectivity index (χ4n) is 3.62. The number of Topliss-reactive ketones (excluding diaryl/α,β-unsaturated/α-hetero) is 1. The second kappa shape index (κ2) is 11.1. The molecule has 1 aromatic heterocycles. The zero-order valence-electron chi connectivity index (χ0n) is 18.8. The first-order valence-electron chi connectivity index (χ1n) is 10.8. The number of amides is 1. The van der Waals surface area contributed by atoms with E-state index in [0.717, 1.165) is 23.1 Å². The van der Waals surface area contributed by atoms with Crippen LogP contribution in [0.1, 0.15) is 52.9 Å². The molecule has 4 heteroatoms. The number of carbonyl (C=O) groups is 2. The predicted molar refractivity (Wildman–Crippen MR) is 127 cm³/mol. The van der Waals surface area contributed by atoms with Crippen LogP contribution in [0.5, 0.6) is 0 Å². The molecule has 3 rings (SSSR count). The number of hydrogen-bond acceptors (Lipinski definition) is 3. The van der Waals surface area contributed by atoms with E-state index in [1.807, 2.05) is 48.5 Å². The van der Waals surface area contributed by atoms with E-state index >= 15 is 0 Å². The first-order valence-corrected chi connectivity index (χ1v) is 10.8. The minimum absolute atomic E-state index is 0.0468. The fraction of sp³-hybridized carbons (Fsp3) is 0.250. The Morgan fingerprint density at radius 3 is 2.31 bits per heavy atom. The van der Waals surface area contributed by atoms with Crippen LogP contribution in [0.3, 0.4) is 0 Å². The maximum Gasteiger partial charge on any atom is 0.253 e. The van der Waals surface area contributed by atoms with Gasteiger partial charge in [0.2, 0.25) is 0 Å². The van der Waals surface area contributed by atoms with Gasteiger partial charge in [-0.15, -0.1) is 0 Å². The number of pyridine rings is 1. The Hall–Kier alpha value is -3.71. The summed E-state index contributed by atoms with van der Waals surface area (Å²) >= 11 is 0. The Kier molecular flexibility index (Phi) is 7.94. The van der Waals surface area contributed by atoms with Crippen LogP contribution in [0.25, 0.3) is 0 Å². The maximum atomic E-state index is 12.8. The normalized spacial score (nSPS) is 11.2. The number of carbonyl (C=O) groups excluding carboxylic acids is 2. The van der Waals surface area contributed by atoms with E-state index in [4.69, 9.17) is 0 Å². The lowest BCUT2D eigenvalue weighted by Gasteiger charge is -2.17. The number of nitrogens with zero attached hydrogens (tertiary/aromatic N) is 2. The quantitative estimate of drug-likeness (QED) is 0.506. The molecule has 4 nitrogen and oxygen atoms in total. The van der Waals surface area contributed by atoms with Crippen molar-refractivity contribution in [2.24, 2.45) is 5.92 Å². The lowest BCUT2D eigenvalue weighted by atomic mass is 9.96. The number of rotatable bonds is 7. The summed E-state index contributed by atoms with van der Waals surface area (Å²) in [5.41, 5.74) is 4.56. The van der Waals surface area contributed by atoms with Crippen LogP contribution < -0.4 is 0 Å². The molecule has 1 unspecified atom stereocenters. The van der Waals surface area contributed by atoms with Crippen LogP contribution in [0.15, 0.2) is 73.1 Å². The van der Waals surface area contributed by atoms with E-state index < -0.39 is 0 Å². The van der Waals surface area contributed by atoms with Crippen LogP contribution in [-0.2, 0) is 17.8 Å². The molecule has 1 atom stereocenters. The van der Waals surface area contributed by atoms with Crippen molar-refractivity contribution in [3.63, 3.8) is 0 Å². The fourth-order valence-corrected chi connectivity index (χ4v) is 3.62. The Morgan fingerprint density at radius 2 is 1.62 bits per heavy atom. The van der Waals surface area contributed by atoms with Gasteiger partial charge in [-0.05, 0) is 72.9 Å². The van der Waals surface area contributed by atoms with Crippen LogP contribution in [0, 0.1) is 17.8 Å². The van der Waals surface area contributed by atoms with Gasteiger partial charge in [0.25, 0.3) is 5.91 Å². The summed E-state index contributed by atoms with van der Waals surface area (Å²) in [5, 5.41) is 0. The van der Waals surface area contributed by atoms with Gasteiger partial charge < -0.3 is 9.69 Å². The molecule has 1 heterocycles. The molecule has 162 valence electrons. The molecular formula is C28H28N2O2. The molecule has 2 aromatic carbocycles. The molecule has 0 aliphatic rings. The number of ketones is 1. The Morgan fingerprint density at radius 1 is 0.938 bits per heavy atom. The Balaban J connectivity index is 1.65. The molecular weight excluding hydrogens is 396 g/mol. The number of aromatic nitrogens is 1. The molecule has 0 spiro atoms. The van der Waals surface area contributed by atoms with E-state index in [0.29, 0.717) is 24.4 Å². The van der Waals surface area contributed by atoms with Crippen molar-refractivity contribution < 1.29 is 9.59 Å². The van der Waals surface area contributed by atoms with Gasteiger partial charge in [0.1, 0.15) is 5.78 Å². The van der Waals surface area contributed by atoms with Gasteiger partial charge in [-0.25, -0.2) is 0 Å². The van der Waals surface area contributed by atoms with Crippen molar-refractivity contribution in [3.05, 3.63) is 101 Å². The highest BCUT2D eigenvalue weighted by atomic mass is 16.2. The van der Waals surface area contributed by atoms with Gasteiger partial charge in [0, 0.05) is 49.1 Å². The average molecular weight is 425 g/mol. The first-order chi connectivity index (χ1) is 15.4. The highest BCUT2D eigenvalue weighted by molar-refractivity contribution is 5.94. The average Bonchev–Trinajstić information content (AvgIpc) is 2.78. The van der Waals surface area contributed by atoms with Crippen LogP contribution in [0.2, 0.25) is 0 Å². The molecule has 0 fully saturated rings. The Labute approximate surface area is 190 Å². The standard InChI is InChI=1S/C28H28N2O2/c1-21(17-22(2)31)18-25-11-8-23(9-12-25)7-10-24-5-4-6-27(19-24)28(32)30(3)20-26-13-15-29-16-14-26/h4-6,8-9,11-16,19,21H,17-18,20H2,1-3H3. The van der Waals surface area contributed by atoms with Crippen LogP contribution in [-0.4, -0.2) is 28.6 Å². The van der Waals surface area contributed by atoms with Crippen molar-refractivity contribution in [2.45, 2.75) is 33.2 Å².